The van der Waals surface area contributed by atoms with Crippen molar-refractivity contribution in [1.29, 1.82) is 0 Å². The molecule has 0 heterocycles. The molecule has 0 spiro atoms. The Kier molecular flexibility index (Phi) is 6.35. The quantitative estimate of drug-likeness (QED) is 0.725. The molecular formula is C14H22N2O3S. The van der Waals surface area contributed by atoms with Gasteiger partial charge in [-0.2, -0.15) is 0 Å². The lowest BCUT2D eigenvalue weighted by molar-refractivity contribution is 0.203. The predicted molar refractivity (Wildman–Crippen MR) is 79.9 cm³/mol. The predicted octanol–water partition coefficient (Wildman–Crippen LogP) is 0.917. The number of sulfonamides is 1. The van der Waals surface area contributed by atoms with Gasteiger partial charge < -0.3 is 5.11 Å². The average Bonchev–Trinajstić information content (AvgIpc) is 2.39. The first-order chi connectivity index (χ1) is 9.41. The first-order valence-corrected chi connectivity index (χ1v) is 7.81. The van der Waals surface area contributed by atoms with Crippen LogP contribution in [-0.2, 0) is 16.6 Å². The van der Waals surface area contributed by atoms with E-state index in [-0.39, 0.29) is 11.5 Å². The van der Waals surface area contributed by atoms with Gasteiger partial charge in [-0.15, -0.1) is 6.58 Å². The second-order valence-corrected chi connectivity index (χ2v) is 6.83. The molecule has 0 aromatic heterocycles. The maximum atomic E-state index is 12.1. The number of hydrogen-bond acceptors (Lipinski definition) is 4. The summed E-state index contributed by atoms with van der Waals surface area (Å²) in [7, 11) is -0.391. The molecule has 0 saturated carbocycles. The van der Waals surface area contributed by atoms with Crippen LogP contribution in [0.4, 0.5) is 0 Å². The second kappa shape index (κ2) is 7.54. The highest BCUT2D eigenvalue weighted by Crippen LogP contribution is 2.16. The number of aliphatic hydroxyl groups excluding tert-OH is 1. The van der Waals surface area contributed by atoms with Gasteiger partial charge in [0.15, 0.2) is 0 Å². The second-order valence-electron chi connectivity index (χ2n) is 4.68. The Morgan fingerprint density at radius 1 is 1.35 bits per heavy atom. The van der Waals surface area contributed by atoms with Gasteiger partial charge in [-0.25, -0.2) is 12.7 Å². The van der Waals surface area contributed by atoms with E-state index in [1.807, 2.05) is 11.0 Å². The van der Waals surface area contributed by atoms with E-state index in [0.717, 1.165) is 5.56 Å². The lowest BCUT2D eigenvalue weighted by atomic mass is 10.2. The van der Waals surface area contributed by atoms with Gasteiger partial charge in [0.2, 0.25) is 10.0 Å². The molecule has 0 aliphatic rings. The molecular weight excluding hydrogens is 276 g/mol. The minimum atomic E-state index is -3.41. The molecule has 5 nitrogen and oxygen atoms in total. The van der Waals surface area contributed by atoms with E-state index in [9.17, 15) is 8.42 Å². The van der Waals surface area contributed by atoms with Crippen LogP contribution in [0, 0.1) is 0 Å². The van der Waals surface area contributed by atoms with E-state index >= 15 is 0 Å². The Balaban J connectivity index is 2.95. The molecule has 0 atom stereocenters. The molecule has 0 radical (unpaired) electrons. The first-order valence-electron chi connectivity index (χ1n) is 6.37. The molecule has 0 saturated heterocycles. The van der Waals surface area contributed by atoms with Gasteiger partial charge in [0.25, 0.3) is 0 Å². The summed E-state index contributed by atoms with van der Waals surface area (Å²) in [6.45, 7) is 5.48. The van der Waals surface area contributed by atoms with Crippen LogP contribution in [0.15, 0.2) is 41.8 Å². The monoisotopic (exact) mass is 298 g/mol. The van der Waals surface area contributed by atoms with Crippen molar-refractivity contribution in [2.24, 2.45) is 0 Å². The summed E-state index contributed by atoms with van der Waals surface area (Å²) in [5.74, 6) is 0. The zero-order valence-corrected chi connectivity index (χ0v) is 12.8. The standard InChI is InChI=1S/C14H22N2O3S/c1-4-8-16(9-10-17)12-13-6-5-7-14(11-13)20(18,19)15(2)3/h4-7,11,17H,1,8-10,12H2,2-3H3. The molecule has 1 rings (SSSR count). The third-order valence-corrected chi connectivity index (χ3v) is 4.70. The van der Waals surface area contributed by atoms with Crippen LogP contribution in [-0.4, -0.2) is 56.5 Å². The smallest absolute Gasteiger partial charge is 0.242 e. The van der Waals surface area contributed by atoms with Crippen LogP contribution in [0.5, 0.6) is 0 Å². The third kappa shape index (κ3) is 4.42. The summed E-state index contributed by atoms with van der Waals surface area (Å²) < 4.78 is 25.4. The SMILES string of the molecule is C=CCN(CCO)Cc1cccc(S(=O)(=O)N(C)C)c1. The minimum Gasteiger partial charge on any atom is -0.395 e. The normalized spacial score (nSPS) is 12.1. The van der Waals surface area contributed by atoms with E-state index in [1.165, 1.54) is 18.4 Å². The van der Waals surface area contributed by atoms with Crippen molar-refractivity contribution in [2.45, 2.75) is 11.4 Å². The largest absolute Gasteiger partial charge is 0.395 e. The number of nitrogens with zero attached hydrogens (tertiary/aromatic N) is 2. The van der Waals surface area contributed by atoms with E-state index in [0.29, 0.717) is 19.6 Å². The molecule has 0 bridgehead atoms. The van der Waals surface area contributed by atoms with Crippen LogP contribution < -0.4 is 0 Å². The van der Waals surface area contributed by atoms with Gasteiger partial charge in [0.05, 0.1) is 11.5 Å². The van der Waals surface area contributed by atoms with Crippen LogP contribution in [0.3, 0.4) is 0 Å². The van der Waals surface area contributed by atoms with Crippen LogP contribution >= 0.6 is 0 Å². The van der Waals surface area contributed by atoms with Crippen molar-refractivity contribution < 1.29 is 13.5 Å². The Morgan fingerprint density at radius 2 is 2.05 bits per heavy atom. The summed E-state index contributed by atoms with van der Waals surface area (Å²) in [4.78, 5) is 2.27. The van der Waals surface area contributed by atoms with Crippen molar-refractivity contribution in [3.63, 3.8) is 0 Å². The Morgan fingerprint density at radius 3 is 2.60 bits per heavy atom. The maximum absolute atomic E-state index is 12.1. The molecule has 20 heavy (non-hydrogen) atoms. The van der Waals surface area contributed by atoms with E-state index in [1.54, 1.807) is 24.3 Å². The molecule has 0 aliphatic heterocycles. The van der Waals surface area contributed by atoms with Crippen molar-refractivity contribution >= 4 is 10.0 Å². The highest BCUT2D eigenvalue weighted by Gasteiger charge is 2.17. The Labute approximate surface area is 121 Å². The molecule has 6 heteroatoms. The maximum Gasteiger partial charge on any atom is 0.242 e. The average molecular weight is 298 g/mol. The van der Waals surface area contributed by atoms with Crippen LogP contribution in [0.1, 0.15) is 5.56 Å². The fourth-order valence-corrected chi connectivity index (χ4v) is 2.80. The number of hydrogen-bond donors (Lipinski definition) is 1. The van der Waals surface area contributed by atoms with Crippen LogP contribution in [0.2, 0.25) is 0 Å². The number of benzene rings is 1. The van der Waals surface area contributed by atoms with Gasteiger partial charge in [0.1, 0.15) is 0 Å². The fraction of sp³-hybridized carbons (Fsp3) is 0.429. The van der Waals surface area contributed by atoms with E-state index in [2.05, 4.69) is 6.58 Å². The Hall–Kier alpha value is -1.21. The summed E-state index contributed by atoms with van der Waals surface area (Å²) in [6.07, 6.45) is 1.76. The van der Waals surface area contributed by atoms with E-state index < -0.39 is 10.0 Å². The third-order valence-electron chi connectivity index (χ3n) is 2.89. The molecule has 112 valence electrons. The zero-order valence-electron chi connectivity index (χ0n) is 12.0. The molecule has 0 unspecified atom stereocenters. The summed E-state index contributed by atoms with van der Waals surface area (Å²) in [5.41, 5.74) is 0.892. The van der Waals surface area contributed by atoms with E-state index in [4.69, 9.17) is 5.11 Å². The molecule has 1 aromatic carbocycles. The highest BCUT2D eigenvalue weighted by atomic mass is 32.2. The van der Waals surface area contributed by atoms with Crippen LogP contribution in [0.25, 0.3) is 0 Å². The topological polar surface area (TPSA) is 60.9 Å². The molecule has 1 aromatic rings. The summed E-state index contributed by atoms with van der Waals surface area (Å²) in [6, 6.07) is 6.87. The van der Waals surface area contributed by atoms with Crippen molar-refractivity contribution in [2.75, 3.05) is 33.8 Å². The lowest BCUT2D eigenvalue weighted by Gasteiger charge is -2.20. The van der Waals surface area contributed by atoms with Crippen molar-refractivity contribution in [3.8, 4) is 0 Å². The number of aliphatic hydroxyl groups is 1. The van der Waals surface area contributed by atoms with Gasteiger partial charge in [-0.3, -0.25) is 4.90 Å². The molecule has 1 N–H and O–H groups in total. The molecule has 0 fully saturated rings. The zero-order chi connectivity index (χ0) is 15.2. The van der Waals surface area contributed by atoms with Gasteiger partial charge in [-0.05, 0) is 17.7 Å². The van der Waals surface area contributed by atoms with Crippen molar-refractivity contribution in [1.82, 2.24) is 9.21 Å². The van der Waals surface area contributed by atoms with Gasteiger partial charge >= 0.3 is 0 Å². The first kappa shape index (κ1) is 16.8. The highest BCUT2D eigenvalue weighted by molar-refractivity contribution is 7.89. The molecule has 0 aliphatic carbocycles. The fourth-order valence-electron chi connectivity index (χ4n) is 1.83. The summed E-state index contributed by atoms with van der Waals surface area (Å²) in [5, 5.41) is 9.02. The van der Waals surface area contributed by atoms with Gasteiger partial charge in [-0.1, -0.05) is 18.2 Å². The van der Waals surface area contributed by atoms with Crippen molar-refractivity contribution in [3.05, 3.63) is 42.5 Å². The Bertz CT molecular complexity index is 541. The molecule has 0 amide bonds. The summed E-state index contributed by atoms with van der Waals surface area (Å²) >= 11 is 0. The minimum absolute atomic E-state index is 0.0591. The lowest BCUT2D eigenvalue weighted by Crippen LogP contribution is -2.27. The number of rotatable bonds is 8. The van der Waals surface area contributed by atoms with Gasteiger partial charge in [0, 0.05) is 33.7 Å².